The first-order valence-electron chi connectivity index (χ1n) is 9.52. The second kappa shape index (κ2) is 7.00. The van der Waals surface area contributed by atoms with Gasteiger partial charge in [0.05, 0.1) is 11.8 Å². The van der Waals surface area contributed by atoms with Crippen LogP contribution in [0.25, 0.3) is 28.0 Å². The van der Waals surface area contributed by atoms with E-state index in [1.54, 1.807) is 12.4 Å². The minimum absolute atomic E-state index is 0.465. The molecule has 0 spiro atoms. The summed E-state index contributed by atoms with van der Waals surface area (Å²) in [7, 11) is 0. The Kier molecular flexibility index (Phi) is 4.17. The van der Waals surface area contributed by atoms with Crippen LogP contribution < -0.4 is 11.1 Å². The number of aryl methyl sites for hydroxylation is 1. The zero-order chi connectivity index (χ0) is 20.7. The molecule has 5 rings (SSSR count). The Morgan fingerprint density at radius 2 is 1.97 bits per heavy atom. The molecule has 4 N–H and O–H groups in total. The molecule has 3 heterocycles. The van der Waals surface area contributed by atoms with Gasteiger partial charge in [0.2, 0.25) is 11.9 Å². The van der Waals surface area contributed by atoms with Crippen molar-refractivity contribution in [1.82, 2.24) is 24.5 Å². The van der Waals surface area contributed by atoms with Gasteiger partial charge >= 0.3 is 0 Å². The molecule has 0 aliphatic heterocycles. The number of anilines is 1. The Bertz CT molecular complexity index is 1390. The molecule has 0 aliphatic rings. The fourth-order valence-corrected chi connectivity index (χ4v) is 3.67. The molecule has 148 valence electrons. The summed E-state index contributed by atoms with van der Waals surface area (Å²) in [5.74, 6) is 0.650. The number of aromatic nitrogens is 5. The van der Waals surface area contributed by atoms with Gasteiger partial charge in [0.25, 0.3) is 0 Å². The largest absolute Gasteiger partial charge is 0.366 e. The van der Waals surface area contributed by atoms with E-state index >= 15 is 0 Å². The number of nitrogens with two attached hydrogens (primary N) is 1. The highest BCUT2D eigenvalue weighted by molar-refractivity contribution is 6.06. The van der Waals surface area contributed by atoms with E-state index in [-0.39, 0.29) is 0 Å². The number of nitrogens with one attached hydrogen (secondary N) is 2. The summed E-state index contributed by atoms with van der Waals surface area (Å²) >= 11 is 0. The molecule has 0 fully saturated rings. The molecule has 0 radical (unpaired) electrons. The standard InChI is InChI=1S/C22H19N7O/c1-13-10-16-15(19(23)30)8-5-9-17(16)29(13)22-27-20(18-21(28-22)26-12-25-18)24-11-14-6-3-2-4-7-14/h2-10,12H,11H2,1H3,(H2,23,30)(H2,24,25,26,27,28). The molecule has 3 aromatic heterocycles. The smallest absolute Gasteiger partial charge is 0.249 e. The molecule has 30 heavy (non-hydrogen) atoms. The van der Waals surface area contributed by atoms with Crippen molar-refractivity contribution in [2.75, 3.05) is 5.32 Å². The lowest BCUT2D eigenvalue weighted by Gasteiger charge is -2.11. The molecule has 0 unspecified atom stereocenters. The number of benzene rings is 2. The summed E-state index contributed by atoms with van der Waals surface area (Å²) in [6.07, 6.45) is 1.60. The van der Waals surface area contributed by atoms with Gasteiger partial charge in [-0.05, 0) is 30.7 Å². The minimum atomic E-state index is -0.465. The van der Waals surface area contributed by atoms with Crippen LogP contribution in [0.15, 0.2) is 60.9 Å². The second-order valence-corrected chi connectivity index (χ2v) is 7.03. The Morgan fingerprint density at radius 3 is 2.77 bits per heavy atom. The van der Waals surface area contributed by atoms with E-state index in [0.29, 0.717) is 35.0 Å². The Hall–Kier alpha value is -4.20. The third kappa shape index (κ3) is 2.95. The number of primary amides is 1. The van der Waals surface area contributed by atoms with E-state index in [1.807, 2.05) is 60.0 Å². The number of rotatable bonds is 5. The predicted molar refractivity (Wildman–Crippen MR) is 116 cm³/mol. The highest BCUT2D eigenvalue weighted by Crippen LogP contribution is 2.27. The van der Waals surface area contributed by atoms with Crippen molar-refractivity contribution in [3.05, 3.63) is 77.7 Å². The quantitative estimate of drug-likeness (QED) is 0.421. The van der Waals surface area contributed by atoms with Gasteiger partial charge in [0.1, 0.15) is 5.52 Å². The molecule has 0 saturated heterocycles. The van der Waals surface area contributed by atoms with Crippen molar-refractivity contribution in [3.63, 3.8) is 0 Å². The average Bonchev–Trinajstić information content (AvgIpc) is 3.35. The Labute approximate surface area is 171 Å². The van der Waals surface area contributed by atoms with Crippen LogP contribution in [0.3, 0.4) is 0 Å². The minimum Gasteiger partial charge on any atom is -0.366 e. The number of hydrogen-bond donors (Lipinski definition) is 3. The molecular formula is C22H19N7O. The van der Waals surface area contributed by atoms with Gasteiger partial charge in [-0.1, -0.05) is 36.4 Å². The van der Waals surface area contributed by atoms with Crippen molar-refractivity contribution in [2.45, 2.75) is 13.5 Å². The van der Waals surface area contributed by atoms with Crippen molar-refractivity contribution in [3.8, 4) is 5.95 Å². The van der Waals surface area contributed by atoms with Gasteiger partial charge in [-0.3, -0.25) is 9.36 Å². The monoisotopic (exact) mass is 397 g/mol. The maximum atomic E-state index is 11.8. The van der Waals surface area contributed by atoms with Gasteiger partial charge in [-0.25, -0.2) is 4.98 Å². The van der Waals surface area contributed by atoms with E-state index in [1.165, 1.54) is 0 Å². The number of fused-ring (bicyclic) bond motifs is 2. The fraction of sp³-hybridized carbons (Fsp3) is 0.0909. The summed E-state index contributed by atoms with van der Waals surface area (Å²) in [4.78, 5) is 28.7. The first-order chi connectivity index (χ1) is 14.6. The Morgan fingerprint density at radius 1 is 1.13 bits per heavy atom. The molecule has 0 bridgehead atoms. The van der Waals surface area contributed by atoms with Crippen molar-refractivity contribution < 1.29 is 4.79 Å². The fourth-order valence-electron chi connectivity index (χ4n) is 3.67. The zero-order valence-electron chi connectivity index (χ0n) is 16.3. The third-order valence-corrected chi connectivity index (χ3v) is 5.07. The lowest BCUT2D eigenvalue weighted by Crippen LogP contribution is -2.11. The van der Waals surface area contributed by atoms with Gasteiger partial charge in [0, 0.05) is 23.2 Å². The Balaban J connectivity index is 1.64. The van der Waals surface area contributed by atoms with E-state index in [9.17, 15) is 4.79 Å². The van der Waals surface area contributed by atoms with E-state index in [4.69, 9.17) is 10.7 Å². The summed E-state index contributed by atoms with van der Waals surface area (Å²) < 4.78 is 1.91. The van der Waals surface area contributed by atoms with Crippen molar-refractivity contribution in [1.29, 1.82) is 0 Å². The van der Waals surface area contributed by atoms with Crippen LogP contribution in [0.4, 0.5) is 5.82 Å². The number of carbonyl (C=O) groups excluding carboxylic acids is 1. The van der Waals surface area contributed by atoms with Gasteiger partial charge < -0.3 is 16.0 Å². The summed E-state index contributed by atoms with van der Waals surface area (Å²) in [5, 5.41) is 4.14. The van der Waals surface area contributed by atoms with Crippen molar-refractivity contribution >= 4 is 33.8 Å². The van der Waals surface area contributed by atoms with Gasteiger partial charge in [-0.2, -0.15) is 9.97 Å². The molecular weight excluding hydrogens is 378 g/mol. The van der Waals surface area contributed by atoms with Crippen LogP contribution in [0.2, 0.25) is 0 Å². The second-order valence-electron chi connectivity index (χ2n) is 7.03. The third-order valence-electron chi connectivity index (χ3n) is 5.07. The molecule has 0 aliphatic carbocycles. The number of amides is 1. The maximum absolute atomic E-state index is 11.8. The summed E-state index contributed by atoms with van der Waals surface area (Å²) in [5.41, 5.74) is 10.2. The van der Waals surface area contributed by atoms with Crippen LogP contribution in [-0.2, 0) is 6.54 Å². The molecule has 8 heteroatoms. The molecule has 1 amide bonds. The normalized spacial score (nSPS) is 11.2. The number of nitrogens with zero attached hydrogens (tertiary/aromatic N) is 4. The summed E-state index contributed by atoms with van der Waals surface area (Å²) in [6.45, 7) is 2.55. The van der Waals surface area contributed by atoms with Crippen LogP contribution in [0, 0.1) is 6.92 Å². The first-order valence-corrected chi connectivity index (χ1v) is 9.52. The lowest BCUT2D eigenvalue weighted by molar-refractivity contribution is 0.100. The van der Waals surface area contributed by atoms with Crippen LogP contribution in [-0.4, -0.2) is 30.4 Å². The number of aromatic amines is 1. The van der Waals surface area contributed by atoms with Crippen LogP contribution >= 0.6 is 0 Å². The molecule has 0 atom stereocenters. The molecule has 8 nitrogen and oxygen atoms in total. The maximum Gasteiger partial charge on any atom is 0.249 e. The average molecular weight is 397 g/mol. The number of imidazole rings is 1. The van der Waals surface area contributed by atoms with Crippen molar-refractivity contribution in [2.24, 2.45) is 5.73 Å². The molecule has 0 saturated carbocycles. The number of H-pyrrole nitrogens is 1. The topological polar surface area (TPSA) is 115 Å². The molecule has 5 aromatic rings. The highest BCUT2D eigenvalue weighted by atomic mass is 16.1. The van der Waals surface area contributed by atoms with E-state index in [2.05, 4.69) is 20.3 Å². The number of hydrogen-bond acceptors (Lipinski definition) is 5. The van der Waals surface area contributed by atoms with Crippen LogP contribution in [0.5, 0.6) is 0 Å². The van der Waals surface area contributed by atoms with Crippen LogP contribution in [0.1, 0.15) is 21.6 Å². The number of carbonyl (C=O) groups is 1. The van der Waals surface area contributed by atoms with Gasteiger partial charge in [0.15, 0.2) is 11.5 Å². The summed E-state index contributed by atoms with van der Waals surface area (Å²) in [6, 6.07) is 17.5. The zero-order valence-corrected chi connectivity index (χ0v) is 16.3. The van der Waals surface area contributed by atoms with E-state index < -0.39 is 5.91 Å². The lowest BCUT2D eigenvalue weighted by atomic mass is 10.1. The highest BCUT2D eigenvalue weighted by Gasteiger charge is 2.17. The van der Waals surface area contributed by atoms with Gasteiger partial charge in [-0.15, -0.1) is 0 Å². The SMILES string of the molecule is Cc1cc2c(C(N)=O)cccc2n1-c1nc(NCc2ccccc2)c2nc[nH]c2n1. The molecule has 2 aromatic carbocycles. The van der Waals surface area contributed by atoms with E-state index in [0.717, 1.165) is 22.2 Å². The first kappa shape index (κ1) is 17.9. The predicted octanol–water partition coefficient (Wildman–Crippen LogP) is 3.32.